The van der Waals surface area contributed by atoms with Gasteiger partial charge >= 0.3 is 0 Å². The standard InChI is InChI=1S/C22H23N5O2/c1-15-24-14-18(16-8-10-23-11-9-16)21(26-15)19-5-3-4-12-27(19)22(28)17-6-7-20(29-2)25-13-17/h6-11,13-14,19H,3-5,12H2,1-2H3/t19-/m0/s1. The molecule has 0 N–H and O–H groups in total. The minimum Gasteiger partial charge on any atom is -0.481 e. The van der Waals surface area contributed by atoms with Gasteiger partial charge in [0.05, 0.1) is 24.4 Å². The molecule has 0 unspecified atom stereocenters. The number of aryl methyl sites for hydroxylation is 1. The Kier molecular flexibility index (Phi) is 5.46. The van der Waals surface area contributed by atoms with Crippen molar-refractivity contribution >= 4 is 5.91 Å². The Bertz CT molecular complexity index is 992. The number of pyridine rings is 2. The molecule has 1 amide bonds. The highest BCUT2D eigenvalue weighted by Gasteiger charge is 2.32. The average molecular weight is 389 g/mol. The van der Waals surface area contributed by atoms with Crippen LogP contribution in [0.1, 0.15) is 47.2 Å². The van der Waals surface area contributed by atoms with E-state index in [1.54, 1.807) is 37.8 Å². The SMILES string of the molecule is COc1ccc(C(=O)N2CCCC[C@H]2c2nc(C)ncc2-c2ccncc2)cn1. The lowest BCUT2D eigenvalue weighted by molar-refractivity contribution is 0.0606. The number of hydrogen-bond acceptors (Lipinski definition) is 6. The average Bonchev–Trinajstić information content (AvgIpc) is 2.79. The van der Waals surface area contributed by atoms with Gasteiger partial charge in [-0.25, -0.2) is 15.0 Å². The molecule has 4 heterocycles. The molecule has 0 aromatic carbocycles. The van der Waals surface area contributed by atoms with Crippen molar-refractivity contribution in [2.45, 2.75) is 32.2 Å². The molecule has 1 fully saturated rings. The summed E-state index contributed by atoms with van der Waals surface area (Å²) in [6.45, 7) is 2.57. The van der Waals surface area contributed by atoms with Crippen molar-refractivity contribution < 1.29 is 9.53 Å². The minimum absolute atomic E-state index is 0.0400. The van der Waals surface area contributed by atoms with E-state index in [1.165, 1.54) is 0 Å². The molecule has 0 radical (unpaired) electrons. The van der Waals surface area contributed by atoms with E-state index in [1.807, 2.05) is 30.2 Å². The molecule has 148 valence electrons. The van der Waals surface area contributed by atoms with Crippen LogP contribution in [0.4, 0.5) is 0 Å². The van der Waals surface area contributed by atoms with Crippen molar-refractivity contribution in [1.82, 2.24) is 24.8 Å². The number of carbonyl (C=O) groups excluding carboxylic acids is 1. The summed E-state index contributed by atoms with van der Waals surface area (Å²) in [5, 5.41) is 0. The van der Waals surface area contributed by atoms with Crippen molar-refractivity contribution in [1.29, 1.82) is 0 Å². The molecule has 1 atom stereocenters. The lowest BCUT2D eigenvalue weighted by Crippen LogP contribution is -2.39. The summed E-state index contributed by atoms with van der Waals surface area (Å²) in [6, 6.07) is 7.25. The lowest BCUT2D eigenvalue weighted by Gasteiger charge is -2.36. The van der Waals surface area contributed by atoms with Gasteiger partial charge in [-0.15, -0.1) is 0 Å². The van der Waals surface area contributed by atoms with Crippen molar-refractivity contribution in [2.75, 3.05) is 13.7 Å². The quantitative estimate of drug-likeness (QED) is 0.678. The normalized spacial score (nSPS) is 16.5. The second kappa shape index (κ2) is 8.34. The van der Waals surface area contributed by atoms with Gasteiger partial charge < -0.3 is 9.64 Å². The van der Waals surface area contributed by atoms with E-state index >= 15 is 0 Å². The number of amides is 1. The number of likely N-dealkylation sites (tertiary alicyclic amines) is 1. The first kappa shape index (κ1) is 19.0. The highest BCUT2D eigenvalue weighted by molar-refractivity contribution is 5.94. The first-order valence-corrected chi connectivity index (χ1v) is 9.72. The Morgan fingerprint density at radius 1 is 1.10 bits per heavy atom. The van der Waals surface area contributed by atoms with Crippen LogP contribution in [0.15, 0.2) is 49.1 Å². The molecule has 29 heavy (non-hydrogen) atoms. The summed E-state index contributed by atoms with van der Waals surface area (Å²) >= 11 is 0. The fourth-order valence-corrected chi connectivity index (χ4v) is 3.75. The van der Waals surface area contributed by atoms with E-state index < -0.39 is 0 Å². The van der Waals surface area contributed by atoms with Crippen LogP contribution in [0.2, 0.25) is 0 Å². The highest BCUT2D eigenvalue weighted by Crippen LogP contribution is 2.36. The number of aromatic nitrogens is 4. The smallest absolute Gasteiger partial charge is 0.255 e. The van der Waals surface area contributed by atoms with Gasteiger partial charge in [-0.05, 0) is 49.9 Å². The molecule has 3 aromatic heterocycles. The topological polar surface area (TPSA) is 81.1 Å². The first-order valence-electron chi connectivity index (χ1n) is 9.72. The van der Waals surface area contributed by atoms with Crippen molar-refractivity contribution in [3.05, 3.63) is 66.1 Å². The molecule has 7 nitrogen and oxygen atoms in total. The van der Waals surface area contributed by atoms with Crippen LogP contribution in [0.5, 0.6) is 5.88 Å². The predicted octanol–water partition coefficient (Wildman–Crippen LogP) is 3.62. The highest BCUT2D eigenvalue weighted by atomic mass is 16.5. The van der Waals surface area contributed by atoms with Crippen LogP contribution in [0.25, 0.3) is 11.1 Å². The minimum atomic E-state index is -0.108. The molecule has 3 aromatic rings. The van der Waals surface area contributed by atoms with Gasteiger partial charge in [0.15, 0.2) is 0 Å². The Morgan fingerprint density at radius 2 is 1.93 bits per heavy atom. The maximum Gasteiger partial charge on any atom is 0.255 e. The number of ether oxygens (including phenoxy) is 1. The van der Waals surface area contributed by atoms with Gasteiger partial charge in [0.2, 0.25) is 5.88 Å². The van der Waals surface area contributed by atoms with Crippen LogP contribution in [-0.4, -0.2) is 44.4 Å². The summed E-state index contributed by atoms with van der Waals surface area (Å²) in [7, 11) is 1.56. The summed E-state index contributed by atoms with van der Waals surface area (Å²) < 4.78 is 5.10. The molecule has 4 rings (SSSR count). The van der Waals surface area contributed by atoms with Crippen LogP contribution in [-0.2, 0) is 0 Å². The Hall–Kier alpha value is -3.35. The second-order valence-electron chi connectivity index (χ2n) is 7.05. The zero-order valence-corrected chi connectivity index (χ0v) is 16.6. The molecular weight excluding hydrogens is 366 g/mol. The third kappa shape index (κ3) is 3.94. The molecule has 7 heteroatoms. The molecule has 0 saturated carbocycles. The van der Waals surface area contributed by atoms with E-state index in [0.717, 1.165) is 36.1 Å². The zero-order chi connectivity index (χ0) is 20.2. The largest absolute Gasteiger partial charge is 0.481 e. The van der Waals surface area contributed by atoms with Crippen LogP contribution >= 0.6 is 0 Å². The van der Waals surface area contributed by atoms with Gasteiger partial charge in [0.1, 0.15) is 5.82 Å². The van der Waals surface area contributed by atoms with E-state index in [4.69, 9.17) is 9.72 Å². The molecule has 0 aliphatic carbocycles. The van der Waals surface area contributed by atoms with E-state index in [9.17, 15) is 4.79 Å². The number of nitrogens with zero attached hydrogens (tertiary/aromatic N) is 5. The van der Waals surface area contributed by atoms with Gasteiger partial charge in [0, 0.05) is 43.0 Å². The Labute approximate surface area is 169 Å². The third-order valence-corrected chi connectivity index (χ3v) is 5.20. The Balaban J connectivity index is 1.72. The number of hydrogen-bond donors (Lipinski definition) is 0. The van der Waals surface area contributed by atoms with Crippen LogP contribution in [0.3, 0.4) is 0 Å². The maximum absolute atomic E-state index is 13.3. The predicted molar refractivity (Wildman–Crippen MR) is 108 cm³/mol. The molecule has 1 aliphatic rings. The molecule has 0 bridgehead atoms. The van der Waals surface area contributed by atoms with Crippen LogP contribution in [0, 0.1) is 6.92 Å². The van der Waals surface area contributed by atoms with Crippen molar-refractivity contribution in [3.8, 4) is 17.0 Å². The molecule has 1 aliphatic heterocycles. The van der Waals surface area contributed by atoms with E-state index in [0.29, 0.717) is 23.8 Å². The Morgan fingerprint density at radius 3 is 2.66 bits per heavy atom. The summed E-state index contributed by atoms with van der Waals surface area (Å²) in [6.07, 6.45) is 9.82. The number of carbonyl (C=O) groups is 1. The molecule has 0 spiro atoms. The lowest BCUT2D eigenvalue weighted by atomic mass is 9.93. The zero-order valence-electron chi connectivity index (χ0n) is 16.6. The van der Waals surface area contributed by atoms with Gasteiger partial charge in [0.25, 0.3) is 5.91 Å². The fourth-order valence-electron chi connectivity index (χ4n) is 3.75. The maximum atomic E-state index is 13.3. The fraction of sp³-hybridized carbons (Fsp3) is 0.318. The summed E-state index contributed by atoms with van der Waals surface area (Å²) in [5.74, 6) is 1.15. The van der Waals surface area contributed by atoms with Gasteiger partial charge in [-0.1, -0.05) is 0 Å². The van der Waals surface area contributed by atoms with E-state index in [-0.39, 0.29) is 11.9 Å². The summed E-state index contributed by atoms with van der Waals surface area (Å²) in [4.78, 5) is 32.7. The van der Waals surface area contributed by atoms with Gasteiger partial charge in [-0.3, -0.25) is 9.78 Å². The first-order chi connectivity index (χ1) is 14.2. The van der Waals surface area contributed by atoms with Crippen LogP contribution < -0.4 is 4.74 Å². The molecular formula is C22H23N5O2. The van der Waals surface area contributed by atoms with Crippen molar-refractivity contribution in [2.24, 2.45) is 0 Å². The number of rotatable bonds is 4. The van der Waals surface area contributed by atoms with E-state index in [2.05, 4.69) is 15.0 Å². The number of methoxy groups -OCH3 is 1. The van der Waals surface area contributed by atoms with Gasteiger partial charge in [-0.2, -0.15) is 0 Å². The van der Waals surface area contributed by atoms with Crippen molar-refractivity contribution in [3.63, 3.8) is 0 Å². The number of piperidine rings is 1. The monoisotopic (exact) mass is 389 g/mol. The summed E-state index contributed by atoms with van der Waals surface area (Å²) in [5.41, 5.74) is 3.38. The second-order valence-corrected chi connectivity index (χ2v) is 7.05. The third-order valence-electron chi connectivity index (χ3n) is 5.20. The molecule has 1 saturated heterocycles.